The average molecular weight is 412 g/mol. The number of methoxy groups -OCH3 is 2. The molecule has 158 valence electrons. The summed E-state index contributed by atoms with van der Waals surface area (Å²) < 4.78 is 9.31. The largest absolute Gasteiger partial charge is 0.465 e. The van der Waals surface area contributed by atoms with Gasteiger partial charge in [0.25, 0.3) is 0 Å². The molecule has 2 N–H and O–H groups in total. The van der Waals surface area contributed by atoms with E-state index in [0.29, 0.717) is 5.69 Å². The van der Waals surface area contributed by atoms with Crippen molar-refractivity contribution in [3.63, 3.8) is 0 Å². The minimum atomic E-state index is -1.00. The Balaban J connectivity index is 2.14. The van der Waals surface area contributed by atoms with Crippen LogP contribution in [-0.2, 0) is 25.5 Å². The molecule has 0 saturated carbocycles. The number of nitrogens with one attached hydrogen (secondary N) is 2. The van der Waals surface area contributed by atoms with Crippen LogP contribution in [0.3, 0.4) is 0 Å². The highest BCUT2D eigenvalue weighted by Crippen LogP contribution is 2.20. The van der Waals surface area contributed by atoms with Gasteiger partial charge < -0.3 is 20.1 Å². The number of unbranched alkanes of at least 4 members (excludes halogenated alkanes) is 1. The van der Waals surface area contributed by atoms with E-state index in [1.54, 1.807) is 12.1 Å². The van der Waals surface area contributed by atoms with E-state index < -0.39 is 23.8 Å². The molecule has 2 rings (SSSR count). The molecule has 2 aromatic carbocycles. The van der Waals surface area contributed by atoms with E-state index in [2.05, 4.69) is 27.0 Å². The maximum atomic E-state index is 12.3. The molecule has 2 amide bonds. The van der Waals surface area contributed by atoms with Gasteiger partial charge in [-0.15, -0.1) is 0 Å². The zero-order chi connectivity index (χ0) is 22.1. The summed E-state index contributed by atoms with van der Waals surface area (Å²) in [5.74, 6) is -3.31. The van der Waals surface area contributed by atoms with Crippen LogP contribution in [0.15, 0.2) is 42.5 Å². The number of esters is 2. The first kappa shape index (κ1) is 22.6. The molecule has 0 aliphatic carbocycles. The molecular weight excluding hydrogens is 388 g/mol. The van der Waals surface area contributed by atoms with Gasteiger partial charge in [-0.2, -0.15) is 0 Å². The summed E-state index contributed by atoms with van der Waals surface area (Å²) >= 11 is 0. The number of carbonyl (C=O) groups is 4. The molecule has 0 bridgehead atoms. The fourth-order valence-electron chi connectivity index (χ4n) is 2.68. The van der Waals surface area contributed by atoms with Crippen molar-refractivity contribution in [2.75, 3.05) is 24.9 Å². The Hall–Kier alpha value is -3.68. The summed E-state index contributed by atoms with van der Waals surface area (Å²) in [7, 11) is 2.38. The number of ether oxygens (including phenoxy) is 2. The number of benzene rings is 2. The van der Waals surface area contributed by atoms with Crippen LogP contribution in [0.1, 0.15) is 46.0 Å². The second kappa shape index (κ2) is 10.8. The van der Waals surface area contributed by atoms with Crippen LogP contribution in [0.5, 0.6) is 0 Å². The molecule has 0 spiro atoms. The quantitative estimate of drug-likeness (QED) is 0.534. The smallest absolute Gasteiger partial charge is 0.339 e. The minimum absolute atomic E-state index is 0.00780. The zero-order valence-electron chi connectivity index (χ0n) is 17.1. The third-order valence-corrected chi connectivity index (χ3v) is 4.33. The highest BCUT2D eigenvalue weighted by atomic mass is 16.5. The number of aryl methyl sites for hydroxylation is 1. The summed E-state index contributed by atoms with van der Waals surface area (Å²) in [6.07, 6.45) is 3.10. The first-order valence-electron chi connectivity index (χ1n) is 9.41. The topological polar surface area (TPSA) is 111 Å². The third kappa shape index (κ3) is 5.91. The Labute approximate surface area is 174 Å². The Morgan fingerprint density at radius 1 is 0.833 bits per heavy atom. The Kier molecular flexibility index (Phi) is 8.10. The molecule has 2 aromatic rings. The molecule has 0 saturated heterocycles. The highest BCUT2D eigenvalue weighted by molar-refractivity contribution is 6.44. The Bertz CT molecular complexity index is 937. The SMILES string of the molecule is CCCCc1ccc(NC(=O)C(=O)Nc2cc(C(=O)OC)ccc2C(=O)OC)cc1. The van der Waals surface area contributed by atoms with Crippen molar-refractivity contribution in [3.8, 4) is 0 Å². The summed E-state index contributed by atoms with van der Waals surface area (Å²) in [5.41, 5.74) is 1.66. The molecule has 0 heterocycles. The number of rotatable bonds is 7. The lowest BCUT2D eigenvalue weighted by Gasteiger charge is -2.11. The minimum Gasteiger partial charge on any atom is -0.465 e. The number of carbonyl (C=O) groups excluding carboxylic acids is 4. The van der Waals surface area contributed by atoms with Crippen molar-refractivity contribution >= 4 is 35.1 Å². The van der Waals surface area contributed by atoms with Gasteiger partial charge >= 0.3 is 23.8 Å². The first-order chi connectivity index (χ1) is 14.4. The fourth-order valence-corrected chi connectivity index (χ4v) is 2.68. The van der Waals surface area contributed by atoms with Crippen LogP contribution in [0, 0.1) is 0 Å². The van der Waals surface area contributed by atoms with Crippen LogP contribution in [0.4, 0.5) is 11.4 Å². The van der Waals surface area contributed by atoms with Crippen molar-refractivity contribution in [3.05, 3.63) is 59.2 Å². The van der Waals surface area contributed by atoms with E-state index in [9.17, 15) is 19.2 Å². The average Bonchev–Trinajstić information content (AvgIpc) is 2.77. The summed E-state index contributed by atoms with van der Waals surface area (Å²) in [4.78, 5) is 48.3. The highest BCUT2D eigenvalue weighted by Gasteiger charge is 2.20. The number of hydrogen-bond donors (Lipinski definition) is 2. The monoisotopic (exact) mass is 412 g/mol. The van der Waals surface area contributed by atoms with E-state index in [4.69, 9.17) is 0 Å². The lowest BCUT2D eigenvalue weighted by Crippen LogP contribution is -2.30. The van der Waals surface area contributed by atoms with Crippen molar-refractivity contribution < 1.29 is 28.7 Å². The van der Waals surface area contributed by atoms with E-state index in [1.165, 1.54) is 32.4 Å². The molecule has 30 heavy (non-hydrogen) atoms. The van der Waals surface area contributed by atoms with E-state index in [0.717, 1.165) is 24.8 Å². The van der Waals surface area contributed by atoms with Gasteiger partial charge in [-0.25, -0.2) is 9.59 Å². The van der Waals surface area contributed by atoms with Gasteiger partial charge in [-0.1, -0.05) is 25.5 Å². The van der Waals surface area contributed by atoms with Crippen molar-refractivity contribution in [2.24, 2.45) is 0 Å². The van der Waals surface area contributed by atoms with Crippen LogP contribution in [0.25, 0.3) is 0 Å². The predicted octanol–water partition coefficient (Wildman–Crippen LogP) is 3.18. The lowest BCUT2D eigenvalue weighted by molar-refractivity contribution is -0.133. The maximum absolute atomic E-state index is 12.3. The predicted molar refractivity (Wildman–Crippen MR) is 111 cm³/mol. The zero-order valence-corrected chi connectivity index (χ0v) is 17.1. The molecule has 8 heteroatoms. The second-order valence-electron chi connectivity index (χ2n) is 6.45. The van der Waals surface area contributed by atoms with E-state index in [-0.39, 0.29) is 16.8 Å². The maximum Gasteiger partial charge on any atom is 0.339 e. The number of hydrogen-bond acceptors (Lipinski definition) is 6. The molecule has 0 aliphatic heterocycles. The molecule has 0 atom stereocenters. The van der Waals surface area contributed by atoms with Gasteiger partial charge in [0.05, 0.1) is 31.0 Å². The molecule has 0 unspecified atom stereocenters. The Morgan fingerprint density at radius 2 is 1.47 bits per heavy atom. The van der Waals surface area contributed by atoms with Crippen LogP contribution >= 0.6 is 0 Å². The van der Waals surface area contributed by atoms with Crippen molar-refractivity contribution in [2.45, 2.75) is 26.2 Å². The van der Waals surface area contributed by atoms with Crippen LogP contribution in [-0.4, -0.2) is 38.0 Å². The van der Waals surface area contributed by atoms with E-state index in [1.807, 2.05) is 12.1 Å². The van der Waals surface area contributed by atoms with E-state index >= 15 is 0 Å². The number of amides is 2. The molecule has 0 radical (unpaired) electrons. The fraction of sp³-hybridized carbons (Fsp3) is 0.273. The van der Waals surface area contributed by atoms with Gasteiger partial charge in [0, 0.05) is 5.69 Å². The molecular formula is C22H24N2O6. The van der Waals surface area contributed by atoms with Gasteiger partial charge in [-0.3, -0.25) is 9.59 Å². The molecule has 0 aliphatic rings. The van der Waals surface area contributed by atoms with Gasteiger partial charge in [0.2, 0.25) is 0 Å². The van der Waals surface area contributed by atoms with Crippen LogP contribution < -0.4 is 10.6 Å². The van der Waals surface area contributed by atoms with Crippen LogP contribution in [0.2, 0.25) is 0 Å². The van der Waals surface area contributed by atoms with Gasteiger partial charge in [0.1, 0.15) is 0 Å². The van der Waals surface area contributed by atoms with Gasteiger partial charge in [0.15, 0.2) is 0 Å². The normalized spacial score (nSPS) is 10.1. The Morgan fingerprint density at radius 3 is 2.07 bits per heavy atom. The standard InChI is InChI=1S/C22H24N2O6/c1-4-5-6-14-7-10-16(11-8-14)23-19(25)20(26)24-18-13-15(21(27)29-2)9-12-17(18)22(28)30-3/h7-13H,4-6H2,1-3H3,(H,23,25)(H,24,26). The first-order valence-corrected chi connectivity index (χ1v) is 9.41. The lowest BCUT2D eigenvalue weighted by atomic mass is 10.1. The molecule has 0 aromatic heterocycles. The molecule has 0 fully saturated rings. The second-order valence-corrected chi connectivity index (χ2v) is 6.45. The van der Waals surface area contributed by atoms with Gasteiger partial charge in [-0.05, 0) is 48.7 Å². The van der Waals surface area contributed by atoms with Crippen molar-refractivity contribution in [1.82, 2.24) is 0 Å². The third-order valence-electron chi connectivity index (χ3n) is 4.33. The summed E-state index contributed by atoms with van der Waals surface area (Å²) in [6, 6.07) is 11.1. The molecule has 8 nitrogen and oxygen atoms in total. The van der Waals surface area contributed by atoms with Crippen molar-refractivity contribution in [1.29, 1.82) is 0 Å². The summed E-state index contributed by atoms with van der Waals surface area (Å²) in [5, 5.41) is 4.84. The number of anilines is 2. The summed E-state index contributed by atoms with van der Waals surface area (Å²) in [6.45, 7) is 2.11.